The molecule has 0 unspecified atom stereocenters. The highest BCUT2D eigenvalue weighted by Crippen LogP contribution is 2.20. The lowest BCUT2D eigenvalue weighted by Crippen LogP contribution is -2.31. The van der Waals surface area contributed by atoms with E-state index in [2.05, 4.69) is 60.4 Å². The Hall–Kier alpha value is -1.60. The lowest BCUT2D eigenvalue weighted by Gasteiger charge is -2.29. The number of aryl methyl sites for hydroxylation is 2. The van der Waals surface area contributed by atoms with Crippen molar-refractivity contribution in [2.24, 2.45) is 0 Å². The maximum Gasteiger partial charge on any atom is 0.0236 e. The molecule has 2 aromatic carbocycles. The molecule has 0 saturated carbocycles. The maximum absolute atomic E-state index is 2.60. The minimum Gasteiger partial charge on any atom is -0.299 e. The number of fused-ring (bicyclic) bond motifs is 1. The Morgan fingerprint density at radius 2 is 1.85 bits per heavy atom. The molecule has 1 aliphatic rings. The van der Waals surface area contributed by atoms with Gasteiger partial charge in [0.25, 0.3) is 0 Å². The Morgan fingerprint density at radius 1 is 1.00 bits per heavy atom. The summed E-state index contributed by atoms with van der Waals surface area (Å²) < 4.78 is 0. The number of benzene rings is 2. The van der Waals surface area contributed by atoms with Gasteiger partial charge in [0.05, 0.1) is 0 Å². The molecule has 20 heavy (non-hydrogen) atoms. The molecule has 0 bridgehead atoms. The van der Waals surface area contributed by atoms with Gasteiger partial charge in [-0.05, 0) is 49.4 Å². The van der Waals surface area contributed by atoms with E-state index < -0.39 is 0 Å². The molecule has 0 amide bonds. The molecule has 0 spiro atoms. The second-order valence-corrected chi connectivity index (χ2v) is 5.89. The molecule has 0 atom stereocenters. The first-order valence-corrected chi connectivity index (χ1v) is 7.66. The van der Waals surface area contributed by atoms with Gasteiger partial charge in [-0.2, -0.15) is 0 Å². The zero-order valence-corrected chi connectivity index (χ0v) is 12.3. The van der Waals surface area contributed by atoms with Crippen LogP contribution in [0.1, 0.15) is 28.7 Å². The van der Waals surface area contributed by atoms with E-state index in [0.717, 1.165) is 6.54 Å². The highest BCUT2D eigenvalue weighted by Gasteiger charge is 2.15. The summed E-state index contributed by atoms with van der Waals surface area (Å²) in [5, 5.41) is 0. The zero-order valence-electron chi connectivity index (χ0n) is 12.3. The summed E-state index contributed by atoms with van der Waals surface area (Å²) in [4.78, 5) is 2.60. The van der Waals surface area contributed by atoms with E-state index >= 15 is 0 Å². The second kappa shape index (κ2) is 6.23. The predicted molar refractivity (Wildman–Crippen MR) is 84.9 cm³/mol. The van der Waals surface area contributed by atoms with Gasteiger partial charge in [-0.3, -0.25) is 4.90 Å². The molecule has 0 fully saturated rings. The SMILES string of the molecule is Cc1ccc2c(c1)CN(CCCc1ccccc1)CC2. The van der Waals surface area contributed by atoms with Gasteiger partial charge in [0.1, 0.15) is 0 Å². The smallest absolute Gasteiger partial charge is 0.0236 e. The summed E-state index contributed by atoms with van der Waals surface area (Å²) in [5.74, 6) is 0. The number of hydrogen-bond donors (Lipinski definition) is 0. The van der Waals surface area contributed by atoms with Gasteiger partial charge in [0.15, 0.2) is 0 Å². The van der Waals surface area contributed by atoms with Crippen LogP contribution in [0.4, 0.5) is 0 Å². The molecule has 1 nitrogen and oxygen atoms in total. The standard InChI is InChI=1S/C19H23N/c1-16-9-10-18-11-13-20(15-19(18)14-16)12-5-8-17-6-3-2-4-7-17/h2-4,6-7,9-10,14H,5,8,11-13,15H2,1H3. The van der Waals surface area contributed by atoms with Crippen molar-refractivity contribution in [3.63, 3.8) is 0 Å². The summed E-state index contributed by atoms with van der Waals surface area (Å²) in [5.41, 5.74) is 5.93. The third kappa shape index (κ3) is 3.29. The van der Waals surface area contributed by atoms with Crippen molar-refractivity contribution in [3.05, 3.63) is 70.8 Å². The van der Waals surface area contributed by atoms with Crippen molar-refractivity contribution in [2.45, 2.75) is 32.7 Å². The molecule has 2 aromatic rings. The van der Waals surface area contributed by atoms with E-state index in [9.17, 15) is 0 Å². The van der Waals surface area contributed by atoms with Crippen LogP contribution in [0.3, 0.4) is 0 Å². The monoisotopic (exact) mass is 265 g/mol. The van der Waals surface area contributed by atoms with Crippen molar-refractivity contribution in [2.75, 3.05) is 13.1 Å². The fraction of sp³-hybridized carbons (Fsp3) is 0.368. The minimum absolute atomic E-state index is 1.13. The molecule has 104 valence electrons. The van der Waals surface area contributed by atoms with Crippen LogP contribution < -0.4 is 0 Å². The number of nitrogens with zero attached hydrogens (tertiary/aromatic N) is 1. The molecule has 0 radical (unpaired) electrons. The predicted octanol–water partition coefficient (Wildman–Crippen LogP) is 3.99. The van der Waals surface area contributed by atoms with Crippen LogP contribution in [0.25, 0.3) is 0 Å². The summed E-state index contributed by atoms with van der Waals surface area (Å²) in [6, 6.07) is 17.7. The Labute approximate surface area is 122 Å². The first-order valence-electron chi connectivity index (χ1n) is 7.66. The third-order valence-corrected chi connectivity index (χ3v) is 4.24. The van der Waals surface area contributed by atoms with Gasteiger partial charge in [-0.15, -0.1) is 0 Å². The summed E-state index contributed by atoms with van der Waals surface area (Å²) in [6.45, 7) is 5.74. The quantitative estimate of drug-likeness (QED) is 0.808. The summed E-state index contributed by atoms with van der Waals surface area (Å²) in [7, 11) is 0. The second-order valence-electron chi connectivity index (χ2n) is 5.89. The molecule has 0 aromatic heterocycles. The molecule has 1 aliphatic heterocycles. The van der Waals surface area contributed by atoms with Crippen molar-refractivity contribution in [3.8, 4) is 0 Å². The highest BCUT2D eigenvalue weighted by atomic mass is 15.1. The minimum atomic E-state index is 1.13. The first-order chi connectivity index (χ1) is 9.81. The van der Waals surface area contributed by atoms with Gasteiger partial charge in [-0.1, -0.05) is 54.1 Å². The molecule has 0 N–H and O–H groups in total. The average Bonchev–Trinajstić information content (AvgIpc) is 2.48. The first kappa shape index (κ1) is 13.4. The zero-order chi connectivity index (χ0) is 13.8. The number of rotatable bonds is 4. The van der Waals surface area contributed by atoms with Gasteiger partial charge in [0, 0.05) is 13.1 Å². The van der Waals surface area contributed by atoms with E-state index in [1.54, 1.807) is 5.56 Å². The molecule has 0 aliphatic carbocycles. The lowest BCUT2D eigenvalue weighted by molar-refractivity contribution is 0.251. The lowest BCUT2D eigenvalue weighted by atomic mass is 9.97. The summed E-state index contributed by atoms with van der Waals surface area (Å²) in [6.07, 6.45) is 3.66. The van der Waals surface area contributed by atoms with E-state index in [4.69, 9.17) is 0 Å². The Morgan fingerprint density at radius 3 is 2.70 bits per heavy atom. The summed E-state index contributed by atoms with van der Waals surface area (Å²) >= 11 is 0. The molecular formula is C19H23N. The fourth-order valence-corrected chi connectivity index (χ4v) is 3.09. The topological polar surface area (TPSA) is 3.24 Å². The molecule has 1 heteroatoms. The van der Waals surface area contributed by atoms with Gasteiger partial charge in [-0.25, -0.2) is 0 Å². The maximum atomic E-state index is 2.60. The van der Waals surface area contributed by atoms with E-state index in [0.29, 0.717) is 0 Å². The van der Waals surface area contributed by atoms with Crippen LogP contribution in [-0.2, 0) is 19.4 Å². The highest BCUT2D eigenvalue weighted by molar-refractivity contribution is 5.33. The van der Waals surface area contributed by atoms with Crippen LogP contribution >= 0.6 is 0 Å². The van der Waals surface area contributed by atoms with Crippen LogP contribution in [0.5, 0.6) is 0 Å². The Balaban J connectivity index is 1.53. The Kier molecular flexibility index (Phi) is 4.17. The fourth-order valence-electron chi connectivity index (χ4n) is 3.09. The largest absolute Gasteiger partial charge is 0.299 e. The van der Waals surface area contributed by atoms with E-state index in [1.165, 1.54) is 49.0 Å². The van der Waals surface area contributed by atoms with Crippen LogP contribution in [0.15, 0.2) is 48.5 Å². The van der Waals surface area contributed by atoms with Crippen LogP contribution in [-0.4, -0.2) is 18.0 Å². The average molecular weight is 265 g/mol. The van der Waals surface area contributed by atoms with Crippen LogP contribution in [0, 0.1) is 6.92 Å². The van der Waals surface area contributed by atoms with Crippen molar-refractivity contribution in [1.82, 2.24) is 4.90 Å². The van der Waals surface area contributed by atoms with Gasteiger partial charge in [0.2, 0.25) is 0 Å². The third-order valence-electron chi connectivity index (χ3n) is 4.24. The van der Waals surface area contributed by atoms with Gasteiger partial charge >= 0.3 is 0 Å². The van der Waals surface area contributed by atoms with Gasteiger partial charge < -0.3 is 0 Å². The molecule has 1 heterocycles. The van der Waals surface area contributed by atoms with Crippen molar-refractivity contribution in [1.29, 1.82) is 0 Å². The number of hydrogen-bond acceptors (Lipinski definition) is 1. The molecular weight excluding hydrogens is 242 g/mol. The van der Waals surface area contributed by atoms with Crippen LogP contribution in [0.2, 0.25) is 0 Å². The van der Waals surface area contributed by atoms with E-state index in [-0.39, 0.29) is 0 Å². The normalized spacial score (nSPS) is 15.1. The molecule has 0 saturated heterocycles. The van der Waals surface area contributed by atoms with E-state index in [1.807, 2.05) is 0 Å². The Bertz CT molecular complexity index is 559. The van der Waals surface area contributed by atoms with Crippen molar-refractivity contribution < 1.29 is 0 Å². The molecule has 3 rings (SSSR count). The van der Waals surface area contributed by atoms with Crippen molar-refractivity contribution >= 4 is 0 Å².